The summed E-state index contributed by atoms with van der Waals surface area (Å²) in [5, 5.41) is 5.99. The molecule has 1 fully saturated rings. The topological polar surface area (TPSA) is 83.0 Å². The molecule has 0 saturated carbocycles. The van der Waals surface area contributed by atoms with Crippen LogP contribution in [0.15, 0.2) is 30.7 Å². The maximum Gasteiger partial charge on any atom is 0.243 e. The Kier molecular flexibility index (Phi) is 4.42. The minimum atomic E-state index is -0.481. The van der Waals surface area contributed by atoms with Crippen molar-refractivity contribution in [3.05, 3.63) is 42.2 Å². The van der Waals surface area contributed by atoms with E-state index in [0.717, 1.165) is 18.1 Å². The van der Waals surface area contributed by atoms with Gasteiger partial charge in [-0.05, 0) is 19.1 Å². The van der Waals surface area contributed by atoms with Crippen molar-refractivity contribution >= 4 is 17.5 Å². The van der Waals surface area contributed by atoms with Crippen molar-refractivity contribution in [3.8, 4) is 0 Å². The summed E-state index contributed by atoms with van der Waals surface area (Å²) in [7, 11) is 0. The summed E-state index contributed by atoms with van der Waals surface area (Å²) in [5.41, 5.74) is 1.54. The summed E-state index contributed by atoms with van der Waals surface area (Å²) < 4.78 is 12.9. The van der Waals surface area contributed by atoms with Crippen molar-refractivity contribution in [2.75, 3.05) is 29.9 Å². The molecule has 1 saturated heterocycles. The average molecular weight is 316 g/mol. The minimum Gasteiger partial charge on any atom is -0.337 e. The van der Waals surface area contributed by atoms with Crippen LogP contribution in [0.2, 0.25) is 0 Å². The standard InChI is InChI=1S/C15H17FN6O/c1-10-2-3-12(8-18-10)21-14(23)13-9-22(5-4-17-13)15-19-6-11(16)7-20-15/h2-3,6-8,13,17H,4-5,9H2,1H3,(H,21,23)/t13-/m1/s1. The maximum absolute atomic E-state index is 12.9. The summed E-state index contributed by atoms with van der Waals surface area (Å²) >= 11 is 0. The molecule has 2 aromatic rings. The zero-order valence-corrected chi connectivity index (χ0v) is 12.7. The van der Waals surface area contributed by atoms with E-state index in [1.165, 1.54) is 0 Å². The van der Waals surface area contributed by atoms with E-state index in [0.29, 0.717) is 31.3 Å². The molecule has 1 aliphatic heterocycles. The fourth-order valence-corrected chi connectivity index (χ4v) is 2.35. The predicted molar refractivity (Wildman–Crippen MR) is 83.6 cm³/mol. The highest BCUT2D eigenvalue weighted by atomic mass is 19.1. The number of aromatic nitrogens is 3. The van der Waals surface area contributed by atoms with Crippen molar-refractivity contribution in [2.45, 2.75) is 13.0 Å². The Hall–Kier alpha value is -2.61. The summed E-state index contributed by atoms with van der Waals surface area (Å²) in [4.78, 5) is 26.3. The van der Waals surface area contributed by atoms with Crippen LogP contribution in [-0.2, 0) is 4.79 Å². The molecule has 1 amide bonds. The Morgan fingerprint density at radius 3 is 2.78 bits per heavy atom. The maximum atomic E-state index is 12.9. The molecule has 0 aliphatic carbocycles. The van der Waals surface area contributed by atoms with E-state index >= 15 is 0 Å². The summed E-state index contributed by atoms with van der Waals surface area (Å²) in [6, 6.07) is 3.24. The van der Waals surface area contributed by atoms with Gasteiger partial charge in [0.1, 0.15) is 6.04 Å². The molecule has 1 aliphatic rings. The largest absolute Gasteiger partial charge is 0.337 e. The number of nitrogens with zero attached hydrogens (tertiary/aromatic N) is 4. The molecular weight excluding hydrogens is 299 g/mol. The Morgan fingerprint density at radius 2 is 2.09 bits per heavy atom. The van der Waals surface area contributed by atoms with Gasteiger partial charge in [-0.3, -0.25) is 9.78 Å². The molecular formula is C15H17FN6O. The van der Waals surface area contributed by atoms with Crippen LogP contribution in [0, 0.1) is 12.7 Å². The van der Waals surface area contributed by atoms with Gasteiger partial charge >= 0.3 is 0 Å². The third-order valence-corrected chi connectivity index (χ3v) is 3.56. The normalized spacial score (nSPS) is 17.8. The van der Waals surface area contributed by atoms with Gasteiger partial charge in [-0.1, -0.05) is 0 Å². The van der Waals surface area contributed by atoms with Crippen LogP contribution >= 0.6 is 0 Å². The van der Waals surface area contributed by atoms with Gasteiger partial charge in [0.05, 0.1) is 24.3 Å². The second-order valence-electron chi connectivity index (χ2n) is 5.33. The van der Waals surface area contributed by atoms with E-state index in [-0.39, 0.29) is 5.91 Å². The molecule has 0 aromatic carbocycles. The second-order valence-corrected chi connectivity index (χ2v) is 5.33. The van der Waals surface area contributed by atoms with E-state index in [2.05, 4.69) is 25.6 Å². The number of nitrogens with one attached hydrogen (secondary N) is 2. The number of halogens is 1. The van der Waals surface area contributed by atoms with Crippen LogP contribution in [0.5, 0.6) is 0 Å². The number of pyridine rings is 1. The summed E-state index contributed by atoms with van der Waals surface area (Å²) in [6.07, 6.45) is 3.87. The number of carbonyl (C=O) groups excluding carboxylic acids is 1. The number of anilines is 2. The molecule has 0 radical (unpaired) electrons. The fraction of sp³-hybridized carbons (Fsp3) is 0.333. The quantitative estimate of drug-likeness (QED) is 0.869. The Labute approximate surface area is 133 Å². The van der Waals surface area contributed by atoms with Gasteiger partial charge in [0, 0.05) is 25.3 Å². The Balaban J connectivity index is 1.64. The first-order valence-electron chi connectivity index (χ1n) is 7.31. The molecule has 0 unspecified atom stereocenters. The van der Waals surface area contributed by atoms with E-state index in [9.17, 15) is 9.18 Å². The fourth-order valence-electron chi connectivity index (χ4n) is 2.35. The lowest BCUT2D eigenvalue weighted by molar-refractivity contribution is -0.118. The lowest BCUT2D eigenvalue weighted by Gasteiger charge is -2.32. The van der Waals surface area contributed by atoms with E-state index in [4.69, 9.17) is 0 Å². The number of hydrogen-bond donors (Lipinski definition) is 2. The van der Waals surface area contributed by atoms with Crippen LogP contribution < -0.4 is 15.5 Å². The lowest BCUT2D eigenvalue weighted by atomic mass is 10.2. The molecule has 120 valence electrons. The molecule has 3 heterocycles. The number of piperazine rings is 1. The number of aryl methyl sites for hydroxylation is 1. The smallest absolute Gasteiger partial charge is 0.243 e. The van der Waals surface area contributed by atoms with Gasteiger partial charge in [0.25, 0.3) is 0 Å². The first-order valence-corrected chi connectivity index (χ1v) is 7.31. The second kappa shape index (κ2) is 6.66. The first kappa shape index (κ1) is 15.3. The number of rotatable bonds is 3. The Morgan fingerprint density at radius 1 is 1.30 bits per heavy atom. The molecule has 3 rings (SSSR count). The van der Waals surface area contributed by atoms with Crippen molar-refractivity contribution in [2.24, 2.45) is 0 Å². The minimum absolute atomic E-state index is 0.150. The summed E-state index contributed by atoms with van der Waals surface area (Å²) in [5.74, 6) is -0.213. The van der Waals surface area contributed by atoms with Crippen LogP contribution in [0.25, 0.3) is 0 Å². The lowest BCUT2D eigenvalue weighted by Crippen LogP contribution is -2.56. The van der Waals surface area contributed by atoms with Crippen LogP contribution in [0.4, 0.5) is 16.0 Å². The number of carbonyl (C=O) groups is 1. The number of hydrogen-bond acceptors (Lipinski definition) is 6. The van der Waals surface area contributed by atoms with Gasteiger partial charge in [0.2, 0.25) is 11.9 Å². The molecule has 8 heteroatoms. The molecule has 2 N–H and O–H groups in total. The van der Waals surface area contributed by atoms with E-state index < -0.39 is 11.9 Å². The van der Waals surface area contributed by atoms with Crippen LogP contribution in [0.1, 0.15) is 5.69 Å². The highest BCUT2D eigenvalue weighted by Crippen LogP contribution is 2.12. The highest BCUT2D eigenvalue weighted by Gasteiger charge is 2.26. The molecule has 0 spiro atoms. The van der Waals surface area contributed by atoms with Gasteiger partial charge in [0.15, 0.2) is 5.82 Å². The Bertz CT molecular complexity index is 675. The molecule has 7 nitrogen and oxygen atoms in total. The van der Waals surface area contributed by atoms with E-state index in [1.807, 2.05) is 24.0 Å². The van der Waals surface area contributed by atoms with Gasteiger partial charge in [-0.25, -0.2) is 14.4 Å². The monoisotopic (exact) mass is 316 g/mol. The summed E-state index contributed by atoms with van der Waals surface area (Å²) in [6.45, 7) is 3.57. The van der Waals surface area contributed by atoms with Gasteiger partial charge in [-0.15, -0.1) is 0 Å². The van der Waals surface area contributed by atoms with Crippen LogP contribution in [0.3, 0.4) is 0 Å². The zero-order chi connectivity index (χ0) is 16.2. The van der Waals surface area contributed by atoms with Gasteiger partial charge in [-0.2, -0.15) is 0 Å². The van der Waals surface area contributed by atoms with E-state index in [1.54, 1.807) is 6.20 Å². The highest BCUT2D eigenvalue weighted by molar-refractivity contribution is 5.95. The number of amides is 1. The van der Waals surface area contributed by atoms with Crippen molar-refractivity contribution in [1.29, 1.82) is 0 Å². The molecule has 2 aromatic heterocycles. The third-order valence-electron chi connectivity index (χ3n) is 3.56. The molecule has 1 atom stereocenters. The van der Waals surface area contributed by atoms with Crippen molar-refractivity contribution in [3.63, 3.8) is 0 Å². The predicted octanol–water partition coefficient (Wildman–Crippen LogP) is 0.736. The van der Waals surface area contributed by atoms with Crippen LogP contribution in [-0.4, -0.2) is 46.5 Å². The van der Waals surface area contributed by atoms with Gasteiger partial charge < -0.3 is 15.5 Å². The van der Waals surface area contributed by atoms with Crippen molar-refractivity contribution in [1.82, 2.24) is 20.3 Å². The molecule has 0 bridgehead atoms. The zero-order valence-electron chi connectivity index (χ0n) is 12.7. The third kappa shape index (κ3) is 3.78. The average Bonchev–Trinajstić information content (AvgIpc) is 2.58. The first-order chi connectivity index (χ1) is 11.1. The molecule has 23 heavy (non-hydrogen) atoms. The SMILES string of the molecule is Cc1ccc(NC(=O)[C@H]2CN(c3ncc(F)cn3)CCN2)cn1. The van der Waals surface area contributed by atoms with Crippen molar-refractivity contribution < 1.29 is 9.18 Å².